The number of likely N-dealkylation sites (tertiary alicyclic amines) is 1. The van der Waals surface area contributed by atoms with Gasteiger partial charge in [-0.2, -0.15) is 0 Å². The predicted molar refractivity (Wildman–Crippen MR) is 112 cm³/mol. The van der Waals surface area contributed by atoms with Crippen LogP contribution >= 0.6 is 0 Å². The lowest BCUT2D eigenvalue weighted by atomic mass is 9.97. The summed E-state index contributed by atoms with van der Waals surface area (Å²) in [7, 11) is 0. The lowest BCUT2D eigenvalue weighted by molar-refractivity contribution is -0.136. The van der Waals surface area contributed by atoms with Gasteiger partial charge in [0.15, 0.2) is 0 Å². The number of nitrogens with zero attached hydrogens (tertiary/aromatic N) is 1. The molecule has 0 bridgehead atoms. The lowest BCUT2D eigenvalue weighted by Crippen LogP contribution is -2.45. The van der Waals surface area contributed by atoms with Crippen LogP contribution in [0.3, 0.4) is 0 Å². The van der Waals surface area contributed by atoms with Gasteiger partial charge >= 0.3 is 0 Å². The molecule has 0 spiro atoms. The first kappa shape index (κ1) is 21.9. The van der Waals surface area contributed by atoms with E-state index in [9.17, 15) is 9.59 Å². The van der Waals surface area contributed by atoms with Crippen molar-refractivity contribution in [2.75, 3.05) is 32.8 Å². The number of furan rings is 1. The number of hydrogen-bond donors (Lipinski definition) is 1. The molecule has 1 aliphatic heterocycles. The molecular weight excluding hydrogens is 384 g/mol. The van der Waals surface area contributed by atoms with E-state index in [0.29, 0.717) is 45.9 Å². The third-order valence-corrected chi connectivity index (χ3v) is 5.06. The molecule has 3 rings (SSSR count). The first-order valence-electron chi connectivity index (χ1n) is 10.6. The fraction of sp³-hybridized carbons (Fsp3) is 0.478. The molecule has 7 nitrogen and oxygen atoms in total. The third-order valence-electron chi connectivity index (χ3n) is 5.06. The van der Waals surface area contributed by atoms with E-state index in [0.717, 1.165) is 30.8 Å². The summed E-state index contributed by atoms with van der Waals surface area (Å²) in [6, 6.07) is 13.2. The van der Waals surface area contributed by atoms with E-state index in [1.807, 2.05) is 42.5 Å². The molecule has 30 heavy (non-hydrogen) atoms. The Bertz CT molecular complexity index is 763. The van der Waals surface area contributed by atoms with Crippen molar-refractivity contribution in [3.63, 3.8) is 0 Å². The zero-order valence-electron chi connectivity index (χ0n) is 17.3. The van der Waals surface area contributed by atoms with Crippen LogP contribution in [0.2, 0.25) is 0 Å². The molecule has 7 heteroatoms. The van der Waals surface area contributed by atoms with Gasteiger partial charge in [0.2, 0.25) is 11.8 Å². The number of carbonyl (C=O) groups excluding carboxylic acids is 2. The number of benzene rings is 1. The molecule has 0 aliphatic carbocycles. The molecule has 2 aromatic rings. The maximum Gasteiger partial charge on any atom is 0.226 e. The molecule has 0 saturated carbocycles. The quantitative estimate of drug-likeness (QED) is 0.572. The van der Waals surface area contributed by atoms with Crippen LogP contribution in [0.5, 0.6) is 5.75 Å². The molecule has 2 amide bonds. The van der Waals surface area contributed by atoms with E-state index in [1.54, 1.807) is 11.2 Å². The fourth-order valence-electron chi connectivity index (χ4n) is 3.45. The van der Waals surface area contributed by atoms with Crippen molar-refractivity contribution in [1.82, 2.24) is 10.2 Å². The molecule has 1 aromatic carbocycles. The topological polar surface area (TPSA) is 81.0 Å². The number of para-hydroxylation sites is 1. The van der Waals surface area contributed by atoms with Gasteiger partial charge < -0.3 is 24.1 Å². The minimum atomic E-state index is -0.151. The monoisotopic (exact) mass is 414 g/mol. The standard InChI is InChI=1S/C23H30N2O5/c26-22(11-16-30-20-8-2-1-3-9-20)25-13-4-7-19(17-25)23(27)24-12-6-14-28-18-21-10-5-15-29-21/h1-3,5,8-10,15,19H,4,6-7,11-14,16-18H2,(H,24,27). The van der Waals surface area contributed by atoms with Gasteiger partial charge in [-0.3, -0.25) is 9.59 Å². The van der Waals surface area contributed by atoms with Crippen LogP contribution < -0.4 is 10.1 Å². The predicted octanol–water partition coefficient (Wildman–Crippen LogP) is 3.01. The normalized spacial score (nSPS) is 16.3. The third kappa shape index (κ3) is 7.22. The average molecular weight is 415 g/mol. The summed E-state index contributed by atoms with van der Waals surface area (Å²) < 4.78 is 16.3. The number of hydrogen-bond acceptors (Lipinski definition) is 5. The van der Waals surface area contributed by atoms with E-state index in [-0.39, 0.29) is 17.7 Å². The number of carbonyl (C=O) groups is 2. The number of amides is 2. The molecule has 1 aliphatic rings. The SMILES string of the molecule is O=C(NCCCOCc1ccco1)C1CCCN(C(=O)CCOc2ccccc2)C1. The summed E-state index contributed by atoms with van der Waals surface area (Å²) >= 11 is 0. The molecule has 1 aromatic heterocycles. The van der Waals surface area contributed by atoms with Gasteiger partial charge in [0, 0.05) is 26.2 Å². The van der Waals surface area contributed by atoms with Crippen LogP contribution in [-0.2, 0) is 20.9 Å². The first-order valence-corrected chi connectivity index (χ1v) is 10.6. The number of piperidine rings is 1. The van der Waals surface area contributed by atoms with E-state index >= 15 is 0 Å². The number of nitrogens with one attached hydrogen (secondary N) is 1. The number of rotatable bonds is 11. The highest BCUT2D eigenvalue weighted by molar-refractivity contribution is 5.81. The van der Waals surface area contributed by atoms with Crippen molar-refractivity contribution in [3.8, 4) is 5.75 Å². The highest BCUT2D eigenvalue weighted by atomic mass is 16.5. The first-order chi connectivity index (χ1) is 14.7. The largest absolute Gasteiger partial charge is 0.493 e. The van der Waals surface area contributed by atoms with Gasteiger partial charge in [0.05, 0.1) is 25.2 Å². The molecule has 1 fully saturated rings. The maximum atomic E-state index is 12.5. The van der Waals surface area contributed by atoms with Crippen molar-refractivity contribution in [2.24, 2.45) is 5.92 Å². The van der Waals surface area contributed by atoms with Crippen molar-refractivity contribution in [2.45, 2.75) is 32.3 Å². The highest BCUT2D eigenvalue weighted by Gasteiger charge is 2.28. The summed E-state index contributed by atoms with van der Waals surface area (Å²) in [5, 5.41) is 2.97. The smallest absolute Gasteiger partial charge is 0.226 e. The van der Waals surface area contributed by atoms with Crippen molar-refractivity contribution in [3.05, 3.63) is 54.5 Å². The molecule has 0 radical (unpaired) electrons. The number of ether oxygens (including phenoxy) is 2. The van der Waals surface area contributed by atoms with Gasteiger partial charge in [0.1, 0.15) is 18.1 Å². The van der Waals surface area contributed by atoms with Crippen LogP contribution in [0.25, 0.3) is 0 Å². The van der Waals surface area contributed by atoms with E-state index in [4.69, 9.17) is 13.9 Å². The van der Waals surface area contributed by atoms with Gasteiger partial charge in [-0.05, 0) is 43.5 Å². The van der Waals surface area contributed by atoms with Gasteiger partial charge in [0.25, 0.3) is 0 Å². The second-order valence-corrected chi connectivity index (χ2v) is 7.37. The molecule has 1 atom stereocenters. The van der Waals surface area contributed by atoms with E-state index in [1.165, 1.54) is 0 Å². The van der Waals surface area contributed by atoms with Crippen LogP contribution in [0.15, 0.2) is 53.1 Å². The molecule has 1 unspecified atom stereocenters. The Hall–Kier alpha value is -2.80. The summed E-state index contributed by atoms with van der Waals surface area (Å²) in [6.45, 7) is 3.08. The van der Waals surface area contributed by atoms with Crippen molar-refractivity contribution >= 4 is 11.8 Å². The summed E-state index contributed by atoms with van der Waals surface area (Å²) in [4.78, 5) is 26.7. The summed E-state index contributed by atoms with van der Waals surface area (Å²) in [5.41, 5.74) is 0. The summed E-state index contributed by atoms with van der Waals surface area (Å²) in [6.07, 6.45) is 4.32. The lowest BCUT2D eigenvalue weighted by Gasteiger charge is -2.32. The van der Waals surface area contributed by atoms with Gasteiger partial charge in [-0.1, -0.05) is 18.2 Å². The van der Waals surface area contributed by atoms with Crippen LogP contribution in [0, 0.1) is 5.92 Å². The fourth-order valence-corrected chi connectivity index (χ4v) is 3.45. The van der Waals surface area contributed by atoms with E-state index < -0.39 is 0 Å². The van der Waals surface area contributed by atoms with Gasteiger partial charge in [-0.15, -0.1) is 0 Å². The molecule has 1 saturated heterocycles. The van der Waals surface area contributed by atoms with Crippen molar-refractivity contribution < 1.29 is 23.5 Å². The van der Waals surface area contributed by atoms with Gasteiger partial charge in [-0.25, -0.2) is 0 Å². The highest BCUT2D eigenvalue weighted by Crippen LogP contribution is 2.18. The van der Waals surface area contributed by atoms with E-state index in [2.05, 4.69) is 5.32 Å². The van der Waals surface area contributed by atoms with Crippen LogP contribution in [-0.4, -0.2) is 49.6 Å². The minimum Gasteiger partial charge on any atom is -0.493 e. The van der Waals surface area contributed by atoms with Crippen molar-refractivity contribution in [1.29, 1.82) is 0 Å². The second kappa shape index (κ2) is 12.0. The zero-order valence-corrected chi connectivity index (χ0v) is 17.3. The molecular formula is C23H30N2O5. The Morgan fingerprint density at radius 1 is 1.13 bits per heavy atom. The average Bonchev–Trinajstić information content (AvgIpc) is 3.30. The molecule has 1 N–H and O–H groups in total. The Morgan fingerprint density at radius 2 is 2.00 bits per heavy atom. The van der Waals surface area contributed by atoms with Crippen LogP contribution in [0.4, 0.5) is 0 Å². The minimum absolute atomic E-state index is 0.0130. The Morgan fingerprint density at radius 3 is 2.80 bits per heavy atom. The Balaban J connectivity index is 1.29. The molecule has 162 valence electrons. The Labute approximate surface area is 177 Å². The summed E-state index contributed by atoms with van der Waals surface area (Å²) in [5.74, 6) is 1.45. The second-order valence-electron chi connectivity index (χ2n) is 7.37. The molecule has 2 heterocycles. The Kier molecular flexibility index (Phi) is 8.78. The zero-order chi connectivity index (χ0) is 21.0. The maximum absolute atomic E-state index is 12.5. The van der Waals surface area contributed by atoms with Crippen LogP contribution in [0.1, 0.15) is 31.4 Å².